The number of nitrogens with zero attached hydrogens (tertiary/aromatic N) is 7. The van der Waals surface area contributed by atoms with Crippen LogP contribution >= 0.6 is 0 Å². The first-order valence-corrected chi connectivity index (χ1v) is 13.0. The van der Waals surface area contributed by atoms with Crippen LogP contribution in [-0.2, 0) is 17.7 Å². The van der Waals surface area contributed by atoms with Gasteiger partial charge in [-0.25, -0.2) is 9.97 Å². The Morgan fingerprint density at radius 2 is 1.76 bits per heavy atom. The van der Waals surface area contributed by atoms with Crippen LogP contribution in [0.15, 0.2) is 60.7 Å². The van der Waals surface area contributed by atoms with Gasteiger partial charge in [0.05, 0.1) is 6.54 Å². The molecule has 3 aromatic heterocycles. The molecular weight excluding hydrogens is 478 g/mol. The Labute approximate surface area is 221 Å². The summed E-state index contributed by atoms with van der Waals surface area (Å²) in [6.45, 7) is 7.25. The van der Waals surface area contributed by atoms with E-state index in [1.54, 1.807) is 10.7 Å². The predicted molar refractivity (Wildman–Crippen MR) is 146 cm³/mol. The van der Waals surface area contributed by atoms with Crippen molar-refractivity contribution >= 4 is 17.5 Å². The maximum Gasteiger partial charge on any atom is 0.185 e. The fraction of sp³-hybridized carbons (Fsp3) is 0.310. The van der Waals surface area contributed by atoms with Gasteiger partial charge >= 0.3 is 0 Å². The van der Waals surface area contributed by atoms with E-state index in [4.69, 9.17) is 9.72 Å². The Morgan fingerprint density at radius 1 is 0.974 bits per heavy atom. The minimum absolute atomic E-state index is 0.277. The molecule has 0 aliphatic heterocycles. The lowest BCUT2D eigenvalue weighted by Crippen LogP contribution is -2.12. The number of aryl methyl sites for hydroxylation is 1. The van der Waals surface area contributed by atoms with E-state index < -0.39 is 0 Å². The van der Waals surface area contributed by atoms with E-state index in [1.807, 2.05) is 38.1 Å². The Balaban J connectivity index is 1.47. The number of aromatic nitrogens is 7. The molecule has 0 saturated carbocycles. The molecule has 194 valence electrons. The summed E-state index contributed by atoms with van der Waals surface area (Å²) in [7, 11) is 0. The molecule has 5 aromatic rings. The van der Waals surface area contributed by atoms with Gasteiger partial charge in [-0.05, 0) is 59.5 Å². The molecule has 0 fully saturated rings. The number of imidazole rings is 1. The van der Waals surface area contributed by atoms with Gasteiger partial charge in [0.2, 0.25) is 0 Å². The van der Waals surface area contributed by atoms with Gasteiger partial charge in [0, 0.05) is 18.6 Å². The second-order valence-corrected chi connectivity index (χ2v) is 9.16. The minimum atomic E-state index is -0.277. The van der Waals surface area contributed by atoms with Crippen LogP contribution in [0.3, 0.4) is 0 Å². The summed E-state index contributed by atoms with van der Waals surface area (Å²) in [6, 6.07) is 20.2. The Bertz CT molecular complexity index is 1540. The average Bonchev–Trinajstić information content (AvgIpc) is 3.57. The van der Waals surface area contributed by atoms with Gasteiger partial charge in [-0.15, -0.1) is 5.10 Å². The van der Waals surface area contributed by atoms with E-state index in [9.17, 15) is 4.79 Å². The number of carbonyl (C=O) groups is 1. The van der Waals surface area contributed by atoms with Crippen molar-refractivity contribution in [3.63, 3.8) is 0 Å². The number of fused-ring (bicyclic) bond motifs is 1. The molecule has 0 spiro atoms. The first kappa shape index (κ1) is 25.4. The van der Waals surface area contributed by atoms with Crippen molar-refractivity contribution in [2.45, 2.75) is 52.8 Å². The van der Waals surface area contributed by atoms with E-state index in [2.05, 4.69) is 62.3 Å². The molecule has 1 unspecified atom stereocenters. The van der Waals surface area contributed by atoms with Crippen molar-refractivity contribution in [3.05, 3.63) is 77.7 Å². The molecule has 0 bridgehead atoms. The van der Waals surface area contributed by atoms with Crippen LogP contribution in [0.4, 0.5) is 0 Å². The van der Waals surface area contributed by atoms with Crippen molar-refractivity contribution in [1.82, 2.24) is 34.7 Å². The number of hydrogen-bond acceptors (Lipinski definition) is 7. The molecule has 2 aromatic carbocycles. The maximum absolute atomic E-state index is 11.4. The smallest absolute Gasteiger partial charge is 0.185 e. The van der Waals surface area contributed by atoms with Gasteiger partial charge in [-0.2, -0.15) is 4.68 Å². The van der Waals surface area contributed by atoms with Gasteiger partial charge in [-0.1, -0.05) is 61.9 Å². The molecule has 0 aliphatic carbocycles. The quantitative estimate of drug-likeness (QED) is 0.216. The molecule has 0 N–H and O–H groups in total. The Hall–Kier alpha value is -4.24. The third-order valence-corrected chi connectivity index (χ3v) is 6.59. The first-order valence-electron chi connectivity index (χ1n) is 13.0. The number of ether oxygens (including phenoxy) is 1. The fourth-order valence-electron chi connectivity index (χ4n) is 4.65. The fourth-order valence-corrected chi connectivity index (χ4v) is 4.65. The maximum atomic E-state index is 11.4. The molecule has 9 nitrogen and oxygen atoms in total. The first-order chi connectivity index (χ1) is 18.6. The lowest BCUT2D eigenvalue weighted by atomic mass is 9.98. The number of unbranched alkanes of at least 4 members (excludes halogenated alkanes) is 1. The lowest BCUT2D eigenvalue weighted by molar-refractivity contribution is 0.0159. The zero-order valence-corrected chi connectivity index (χ0v) is 21.9. The van der Waals surface area contributed by atoms with E-state index in [-0.39, 0.29) is 6.23 Å². The SMILES string of the molecule is CCCCc1nc2ccc(C=O)nc2n1Cc1ccc(-c2ccccc2-c2nnnn2C(C)OCC)cc1. The number of benzene rings is 2. The van der Waals surface area contributed by atoms with Crippen molar-refractivity contribution in [2.75, 3.05) is 6.61 Å². The van der Waals surface area contributed by atoms with Crippen LogP contribution < -0.4 is 0 Å². The molecule has 3 heterocycles. The third kappa shape index (κ3) is 5.10. The molecule has 0 amide bonds. The van der Waals surface area contributed by atoms with Gasteiger partial charge in [0.25, 0.3) is 0 Å². The minimum Gasteiger partial charge on any atom is -0.357 e. The highest BCUT2D eigenvalue weighted by molar-refractivity contribution is 5.81. The summed E-state index contributed by atoms with van der Waals surface area (Å²) in [5.74, 6) is 1.65. The predicted octanol–water partition coefficient (Wildman–Crippen LogP) is 5.51. The van der Waals surface area contributed by atoms with Gasteiger partial charge < -0.3 is 9.30 Å². The standard InChI is InChI=1S/C29H31N7O2/c1-4-6-11-27-31-26-17-16-23(19-37)30-29(26)35(27)18-21-12-14-22(15-13-21)24-9-7-8-10-25(24)28-32-33-34-36(28)20(3)38-5-2/h7-10,12-17,19-20H,4-6,11,18H2,1-3H3. The number of aldehydes is 1. The second kappa shape index (κ2) is 11.4. The molecular formula is C29H31N7O2. The molecule has 5 rings (SSSR count). The number of carbonyl (C=O) groups excluding carboxylic acids is 1. The van der Waals surface area contributed by atoms with Crippen molar-refractivity contribution in [2.24, 2.45) is 0 Å². The molecule has 0 aliphatic rings. The summed E-state index contributed by atoms with van der Waals surface area (Å²) < 4.78 is 9.56. The zero-order valence-electron chi connectivity index (χ0n) is 21.9. The van der Waals surface area contributed by atoms with Crippen LogP contribution in [0.25, 0.3) is 33.7 Å². The van der Waals surface area contributed by atoms with Crippen LogP contribution in [0, 0.1) is 0 Å². The van der Waals surface area contributed by atoms with Crippen molar-refractivity contribution < 1.29 is 9.53 Å². The molecule has 9 heteroatoms. The molecule has 0 saturated heterocycles. The number of pyridine rings is 1. The van der Waals surface area contributed by atoms with Crippen LogP contribution in [0.2, 0.25) is 0 Å². The summed E-state index contributed by atoms with van der Waals surface area (Å²) in [6.07, 6.45) is 3.49. The number of tetrazole rings is 1. The summed E-state index contributed by atoms with van der Waals surface area (Å²) in [5, 5.41) is 12.4. The van der Waals surface area contributed by atoms with Gasteiger partial charge in [0.15, 0.2) is 24.0 Å². The van der Waals surface area contributed by atoms with Crippen LogP contribution in [0.1, 0.15) is 61.7 Å². The monoisotopic (exact) mass is 509 g/mol. The molecule has 38 heavy (non-hydrogen) atoms. The Morgan fingerprint density at radius 3 is 2.50 bits per heavy atom. The van der Waals surface area contributed by atoms with E-state index in [0.29, 0.717) is 24.7 Å². The van der Waals surface area contributed by atoms with E-state index in [0.717, 1.165) is 64.8 Å². The normalized spacial score (nSPS) is 12.2. The highest BCUT2D eigenvalue weighted by Crippen LogP contribution is 2.32. The zero-order chi connectivity index (χ0) is 26.5. The Kier molecular flexibility index (Phi) is 7.65. The van der Waals surface area contributed by atoms with E-state index in [1.165, 1.54) is 0 Å². The second-order valence-electron chi connectivity index (χ2n) is 9.16. The number of rotatable bonds is 11. The van der Waals surface area contributed by atoms with Crippen molar-refractivity contribution in [1.29, 1.82) is 0 Å². The topological polar surface area (TPSA) is 101 Å². The molecule has 1 atom stereocenters. The summed E-state index contributed by atoms with van der Waals surface area (Å²) in [5.41, 5.74) is 6.12. The largest absolute Gasteiger partial charge is 0.357 e. The summed E-state index contributed by atoms with van der Waals surface area (Å²) in [4.78, 5) is 20.7. The summed E-state index contributed by atoms with van der Waals surface area (Å²) >= 11 is 0. The average molecular weight is 510 g/mol. The van der Waals surface area contributed by atoms with E-state index >= 15 is 0 Å². The lowest BCUT2D eigenvalue weighted by Gasteiger charge is -2.15. The van der Waals surface area contributed by atoms with Gasteiger partial charge in [0.1, 0.15) is 17.0 Å². The van der Waals surface area contributed by atoms with Crippen LogP contribution in [0.5, 0.6) is 0 Å². The van der Waals surface area contributed by atoms with Crippen molar-refractivity contribution in [3.8, 4) is 22.5 Å². The van der Waals surface area contributed by atoms with Gasteiger partial charge in [-0.3, -0.25) is 4.79 Å². The van der Waals surface area contributed by atoms with Crippen LogP contribution in [-0.4, -0.2) is 47.6 Å². The third-order valence-electron chi connectivity index (χ3n) is 6.59. The highest BCUT2D eigenvalue weighted by Gasteiger charge is 2.18. The number of hydrogen-bond donors (Lipinski definition) is 0. The highest BCUT2D eigenvalue weighted by atomic mass is 16.5. The molecule has 0 radical (unpaired) electrons.